The van der Waals surface area contributed by atoms with E-state index >= 15 is 0 Å². The fourth-order valence-electron chi connectivity index (χ4n) is 1.69. The summed E-state index contributed by atoms with van der Waals surface area (Å²) in [6.07, 6.45) is 3.08. The number of nitrogens with zero attached hydrogens (tertiary/aromatic N) is 2. The molecule has 1 aliphatic heterocycles. The smallest absolute Gasteiger partial charge is 0.277 e. The fraction of sp³-hybridized carbons (Fsp3) is 0. The third-order valence-electron chi connectivity index (χ3n) is 2.33. The zero-order chi connectivity index (χ0) is 10.4. The minimum atomic E-state index is -0.467. The Kier molecular flexibility index (Phi) is 1.39. The van der Waals surface area contributed by atoms with Crippen LogP contribution in [0.2, 0.25) is 0 Å². The van der Waals surface area contributed by atoms with E-state index in [1.54, 1.807) is 12.1 Å². The van der Waals surface area contributed by atoms with Crippen molar-refractivity contribution in [3.05, 3.63) is 35.9 Å². The van der Waals surface area contributed by atoms with Gasteiger partial charge in [-0.1, -0.05) is 0 Å². The molecule has 0 aliphatic carbocycles. The zero-order valence-corrected chi connectivity index (χ0v) is 7.52. The van der Waals surface area contributed by atoms with Gasteiger partial charge in [0.15, 0.2) is 0 Å². The van der Waals surface area contributed by atoms with Crippen molar-refractivity contribution in [2.24, 2.45) is 0 Å². The monoisotopic (exact) mass is 199 g/mol. The summed E-state index contributed by atoms with van der Waals surface area (Å²) in [5.41, 5.74) is 0.519. The second kappa shape index (κ2) is 2.60. The highest BCUT2D eigenvalue weighted by Crippen LogP contribution is 2.22. The molecule has 15 heavy (non-hydrogen) atoms. The molecule has 1 aliphatic rings. The number of hydrogen-bond acceptors (Lipinski definition) is 4. The third-order valence-corrected chi connectivity index (χ3v) is 2.33. The van der Waals surface area contributed by atoms with Crippen molar-refractivity contribution in [3.8, 4) is 0 Å². The zero-order valence-electron chi connectivity index (χ0n) is 7.52. The number of carbonyl (C=O) groups excluding carboxylic acids is 2. The van der Waals surface area contributed by atoms with Crippen molar-refractivity contribution in [1.29, 1.82) is 0 Å². The van der Waals surface area contributed by atoms with Gasteiger partial charge in [-0.05, 0) is 17.5 Å². The van der Waals surface area contributed by atoms with Crippen molar-refractivity contribution in [3.63, 3.8) is 0 Å². The highest BCUT2D eigenvalue weighted by atomic mass is 16.2. The first kappa shape index (κ1) is 8.05. The van der Waals surface area contributed by atoms with Gasteiger partial charge in [-0.2, -0.15) is 0 Å². The molecular formula is C10H5N3O2. The maximum absolute atomic E-state index is 11.5. The van der Waals surface area contributed by atoms with Crippen LogP contribution in [0.3, 0.4) is 0 Å². The minimum absolute atomic E-state index is 0.259. The molecule has 0 saturated heterocycles. The van der Waals surface area contributed by atoms with Crippen LogP contribution in [0.4, 0.5) is 0 Å². The number of aromatic nitrogens is 2. The molecule has 2 aromatic rings. The number of hydrogen-bond donors (Lipinski definition) is 1. The van der Waals surface area contributed by atoms with Crippen LogP contribution in [-0.4, -0.2) is 21.8 Å². The summed E-state index contributed by atoms with van der Waals surface area (Å²) < 4.78 is 0. The number of carbonyl (C=O) groups is 2. The van der Waals surface area contributed by atoms with Crippen molar-refractivity contribution in [2.75, 3.05) is 0 Å². The first-order valence-corrected chi connectivity index (χ1v) is 4.37. The van der Waals surface area contributed by atoms with Crippen LogP contribution in [0, 0.1) is 0 Å². The Labute approximate surface area is 84.1 Å². The van der Waals surface area contributed by atoms with Crippen molar-refractivity contribution < 1.29 is 9.59 Å². The van der Waals surface area contributed by atoms with Crippen LogP contribution < -0.4 is 5.32 Å². The SMILES string of the molecule is O=C1NC(=O)c2nccc3ccnc1c23. The molecule has 72 valence electrons. The lowest BCUT2D eigenvalue weighted by Crippen LogP contribution is -2.36. The lowest BCUT2D eigenvalue weighted by atomic mass is 10.1. The van der Waals surface area contributed by atoms with E-state index in [1.807, 2.05) is 0 Å². The van der Waals surface area contributed by atoms with Gasteiger partial charge in [-0.3, -0.25) is 24.9 Å². The lowest BCUT2D eigenvalue weighted by Gasteiger charge is -2.13. The summed E-state index contributed by atoms with van der Waals surface area (Å²) in [4.78, 5) is 30.8. The van der Waals surface area contributed by atoms with Crippen molar-refractivity contribution in [2.45, 2.75) is 0 Å². The summed E-state index contributed by atoms with van der Waals surface area (Å²) in [6, 6.07) is 3.49. The average Bonchev–Trinajstić information content (AvgIpc) is 2.25. The molecule has 0 spiro atoms. The summed E-state index contributed by atoms with van der Waals surface area (Å²) in [5, 5.41) is 3.53. The fourth-order valence-corrected chi connectivity index (χ4v) is 1.69. The third kappa shape index (κ3) is 0.969. The highest BCUT2D eigenvalue weighted by molar-refractivity contribution is 6.23. The molecule has 0 saturated carbocycles. The van der Waals surface area contributed by atoms with Crippen LogP contribution in [0.5, 0.6) is 0 Å². The Bertz CT molecular complexity index is 558. The molecule has 0 aromatic carbocycles. The minimum Gasteiger partial charge on any atom is -0.285 e. The molecule has 0 radical (unpaired) electrons. The number of rotatable bonds is 0. The Hall–Kier alpha value is -2.30. The molecule has 0 bridgehead atoms. The normalized spacial score (nSPS) is 14.1. The Morgan fingerprint density at radius 2 is 1.47 bits per heavy atom. The van der Waals surface area contributed by atoms with Gasteiger partial charge in [0.1, 0.15) is 11.4 Å². The molecule has 5 heteroatoms. The van der Waals surface area contributed by atoms with Gasteiger partial charge in [-0.25, -0.2) is 0 Å². The van der Waals surface area contributed by atoms with Crippen molar-refractivity contribution >= 4 is 22.6 Å². The van der Waals surface area contributed by atoms with Crippen LogP contribution in [0.1, 0.15) is 21.0 Å². The van der Waals surface area contributed by atoms with Crippen LogP contribution in [-0.2, 0) is 0 Å². The maximum atomic E-state index is 11.5. The van der Waals surface area contributed by atoms with E-state index in [0.29, 0.717) is 5.39 Å². The molecule has 0 atom stereocenters. The quantitative estimate of drug-likeness (QED) is 0.627. The highest BCUT2D eigenvalue weighted by Gasteiger charge is 2.26. The summed E-state index contributed by atoms with van der Waals surface area (Å²) in [7, 11) is 0. The summed E-state index contributed by atoms with van der Waals surface area (Å²) in [5.74, 6) is -0.933. The van der Waals surface area contributed by atoms with E-state index in [1.165, 1.54) is 12.4 Å². The Morgan fingerprint density at radius 1 is 0.933 bits per heavy atom. The molecule has 3 rings (SSSR count). The van der Waals surface area contributed by atoms with Gasteiger partial charge < -0.3 is 0 Å². The first-order chi connectivity index (χ1) is 7.27. The predicted molar refractivity (Wildman–Crippen MR) is 51.3 cm³/mol. The second-order valence-corrected chi connectivity index (χ2v) is 3.20. The molecule has 2 aromatic heterocycles. The van der Waals surface area contributed by atoms with Gasteiger partial charge in [0, 0.05) is 17.8 Å². The van der Waals surface area contributed by atoms with Gasteiger partial charge in [0.2, 0.25) is 0 Å². The van der Waals surface area contributed by atoms with E-state index in [2.05, 4.69) is 15.3 Å². The number of imide groups is 1. The summed E-state index contributed by atoms with van der Waals surface area (Å²) >= 11 is 0. The van der Waals surface area contributed by atoms with Crippen LogP contribution in [0.25, 0.3) is 10.8 Å². The van der Waals surface area contributed by atoms with Crippen LogP contribution >= 0.6 is 0 Å². The summed E-state index contributed by atoms with van der Waals surface area (Å²) in [6.45, 7) is 0. The van der Waals surface area contributed by atoms with Gasteiger partial charge in [-0.15, -0.1) is 0 Å². The second-order valence-electron chi connectivity index (χ2n) is 3.20. The molecule has 2 amide bonds. The molecule has 0 fully saturated rings. The van der Waals surface area contributed by atoms with E-state index in [9.17, 15) is 9.59 Å². The van der Waals surface area contributed by atoms with E-state index in [0.717, 1.165) is 5.39 Å². The standard InChI is InChI=1S/C10H5N3O2/c14-9-7-6-5(1-3-11-7)2-4-12-8(6)10(15)13-9/h1-4H,(H,13,14,15). The molecule has 1 N–H and O–H groups in total. The van der Waals surface area contributed by atoms with E-state index in [-0.39, 0.29) is 11.4 Å². The van der Waals surface area contributed by atoms with E-state index in [4.69, 9.17) is 0 Å². The number of pyridine rings is 2. The number of amides is 2. The average molecular weight is 199 g/mol. The predicted octanol–water partition coefficient (Wildman–Crippen LogP) is 0.513. The molecule has 3 heterocycles. The molecule has 5 nitrogen and oxygen atoms in total. The molecule has 0 unspecified atom stereocenters. The maximum Gasteiger partial charge on any atom is 0.277 e. The lowest BCUT2D eigenvalue weighted by molar-refractivity contribution is 0.0838. The number of nitrogens with one attached hydrogen (secondary N) is 1. The van der Waals surface area contributed by atoms with Crippen molar-refractivity contribution in [1.82, 2.24) is 15.3 Å². The Morgan fingerprint density at radius 3 is 2.00 bits per heavy atom. The molecular weight excluding hydrogens is 194 g/mol. The largest absolute Gasteiger partial charge is 0.285 e. The topological polar surface area (TPSA) is 72.0 Å². The van der Waals surface area contributed by atoms with Gasteiger partial charge in [0.05, 0.1) is 0 Å². The van der Waals surface area contributed by atoms with Gasteiger partial charge >= 0.3 is 0 Å². The van der Waals surface area contributed by atoms with Crippen LogP contribution in [0.15, 0.2) is 24.5 Å². The van der Waals surface area contributed by atoms with E-state index < -0.39 is 11.8 Å². The Balaban J connectivity index is 2.56. The van der Waals surface area contributed by atoms with Gasteiger partial charge in [0.25, 0.3) is 11.8 Å². The first-order valence-electron chi connectivity index (χ1n) is 4.37.